The minimum absolute atomic E-state index is 0.0201. The molecule has 0 radical (unpaired) electrons. The van der Waals surface area contributed by atoms with Crippen molar-refractivity contribution in [2.75, 3.05) is 18.5 Å². The maximum Gasteiger partial charge on any atom is 0.348 e. The molecule has 1 atom stereocenters. The van der Waals surface area contributed by atoms with Crippen LogP contribution < -0.4 is 10.6 Å². The number of aryl methyl sites for hydroxylation is 1. The molecule has 0 spiro atoms. The Morgan fingerprint density at radius 2 is 1.72 bits per heavy atom. The molecule has 2 heterocycles. The number of halogens is 1. The smallest absolute Gasteiger partial charge is 0.348 e. The van der Waals surface area contributed by atoms with Crippen LogP contribution in [0.4, 0.5) is 9.39 Å². The lowest BCUT2D eigenvalue weighted by atomic mass is 10.1. The van der Waals surface area contributed by atoms with Crippen molar-refractivity contribution in [2.45, 2.75) is 57.6 Å². The summed E-state index contributed by atoms with van der Waals surface area (Å²) in [4.78, 5) is 51.6. The van der Waals surface area contributed by atoms with Crippen LogP contribution in [0.3, 0.4) is 0 Å². The van der Waals surface area contributed by atoms with Gasteiger partial charge in [0.15, 0.2) is 11.0 Å². The summed E-state index contributed by atoms with van der Waals surface area (Å²) in [7, 11) is 0. The van der Waals surface area contributed by atoms with Crippen molar-refractivity contribution in [1.29, 1.82) is 0 Å². The van der Waals surface area contributed by atoms with Gasteiger partial charge in [-0.25, -0.2) is 14.0 Å². The van der Waals surface area contributed by atoms with Crippen LogP contribution in [0, 0.1) is 12.7 Å². The molecule has 0 saturated heterocycles. The maximum atomic E-state index is 13.6. The zero-order valence-electron chi connectivity index (χ0n) is 25.8. The van der Waals surface area contributed by atoms with Crippen molar-refractivity contribution < 1.29 is 33.0 Å². The fraction of sp³-hybridized carbons (Fsp3) is 0.312. The van der Waals surface area contributed by atoms with Gasteiger partial charge in [-0.15, -0.1) is 21.5 Å². The zero-order valence-corrected chi connectivity index (χ0v) is 27.4. The van der Waals surface area contributed by atoms with E-state index in [1.54, 1.807) is 27.7 Å². The number of benzene rings is 2. The molecule has 0 saturated carbocycles. The molecule has 2 amide bonds. The number of esters is 2. The van der Waals surface area contributed by atoms with Crippen molar-refractivity contribution in [3.63, 3.8) is 0 Å². The summed E-state index contributed by atoms with van der Waals surface area (Å²) in [5.74, 6) is -2.23. The molecular formula is C32H34FN5O6S2. The van der Waals surface area contributed by atoms with E-state index in [4.69, 9.17) is 9.47 Å². The van der Waals surface area contributed by atoms with Gasteiger partial charge in [0, 0.05) is 12.1 Å². The van der Waals surface area contributed by atoms with Gasteiger partial charge in [-0.3, -0.25) is 9.59 Å². The Labute approximate surface area is 273 Å². The van der Waals surface area contributed by atoms with Crippen LogP contribution in [-0.2, 0) is 33.8 Å². The highest BCUT2D eigenvalue weighted by molar-refractivity contribution is 8.00. The van der Waals surface area contributed by atoms with E-state index in [0.717, 1.165) is 34.7 Å². The highest BCUT2D eigenvalue weighted by Crippen LogP contribution is 2.35. The minimum Gasteiger partial charge on any atom is -0.462 e. The molecule has 0 aliphatic carbocycles. The molecule has 0 bridgehead atoms. The van der Waals surface area contributed by atoms with Gasteiger partial charge < -0.3 is 24.7 Å². The van der Waals surface area contributed by atoms with Crippen molar-refractivity contribution in [3.8, 4) is 0 Å². The monoisotopic (exact) mass is 667 g/mol. The summed E-state index contributed by atoms with van der Waals surface area (Å²) >= 11 is 2.10. The van der Waals surface area contributed by atoms with Crippen molar-refractivity contribution >= 4 is 51.9 Å². The zero-order chi connectivity index (χ0) is 33.2. The van der Waals surface area contributed by atoms with Gasteiger partial charge in [-0.2, -0.15) is 0 Å². The molecule has 4 rings (SSSR count). The third-order valence-corrected chi connectivity index (χ3v) is 9.00. The first-order valence-corrected chi connectivity index (χ1v) is 16.3. The van der Waals surface area contributed by atoms with Gasteiger partial charge >= 0.3 is 11.9 Å². The number of hydrogen-bond acceptors (Lipinski definition) is 10. The number of anilines is 1. The predicted octanol–water partition coefficient (Wildman–Crippen LogP) is 5.43. The molecule has 242 valence electrons. The van der Waals surface area contributed by atoms with Crippen LogP contribution in [0.1, 0.15) is 68.1 Å². The molecule has 4 aromatic rings. The average Bonchev–Trinajstić information content (AvgIpc) is 3.58. The SMILES string of the molecule is CCOC(=O)c1sc(NC(=O)[C@@H](C)Sc2nnc(CNC(=O)c3cccc(F)c3)n2CCc2ccccc2)c(C(=O)OCC)c1C. The van der Waals surface area contributed by atoms with E-state index in [2.05, 4.69) is 20.8 Å². The van der Waals surface area contributed by atoms with E-state index in [-0.39, 0.29) is 40.8 Å². The average molecular weight is 668 g/mol. The topological polar surface area (TPSA) is 142 Å². The lowest BCUT2D eigenvalue weighted by Crippen LogP contribution is -2.26. The third-order valence-electron chi connectivity index (χ3n) is 6.73. The molecule has 0 fully saturated rings. The van der Waals surface area contributed by atoms with Crippen molar-refractivity contribution in [3.05, 3.63) is 93.4 Å². The Balaban J connectivity index is 1.54. The standard InChI is InChI=1S/C32H34FN5O6S2/c1-5-43-30(41)25-19(3)26(31(42)44-6-2)46-29(25)35-27(39)20(4)45-32-37-36-24(38(32)16-15-21-11-8-7-9-12-21)18-34-28(40)22-13-10-14-23(33)17-22/h7-14,17,20H,5-6,15-16,18H2,1-4H3,(H,34,40)(H,35,39)/t20-/m1/s1. The summed E-state index contributed by atoms with van der Waals surface area (Å²) in [6.45, 7) is 7.37. The van der Waals surface area contributed by atoms with Crippen LogP contribution in [-0.4, -0.2) is 57.0 Å². The number of aromatic nitrogens is 3. The predicted molar refractivity (Wildman–Crippen MR) is 173 cm³/mol. The minimum atomic E-state index is -0.710. The Morgan fingerprint density at radius 3 is 2.41 bits per heavy atom. The fourth-order valence-corrected chi connectivity index (χ4v) is 6.39. The van der Waals surface area contributed by atoms with Crippen LogP contribution >= 0.6 is 23.1 Å². The molecule has 2 aromatic heterocycles. The van der Waals surface area contributed by atoms with E-state index < -0.39 is 34.8 Å². The van der Waals surface area contributed by atoms with Crippen LogP contribution in [0.2, 0.25) is 0 Å². The molecule has 2 N–H and O–H groups in total. The lowest BCUT2D eigenvalue weighted by Gasteiger charge is -2.14. The van der Waals surface area contributed by atoms with Gasteiger partial charge in [-0.1, -0.05) is 48.2 Å². The summed E-state index contributed by atoms with van der Waals surface area (Å²) < 4.78 is 25.8. The third kappa shape index (κ3) is 8.57. The molecule has 0 aliphatic rings. The highest BCUT2D eigenvalue weighted by atomic mass is 32.2. The summed E-state index contributed by atoms with van der Waals surface area (Å²) in [5.41, 5.74) is 1.71. The second kappa shape index (κ2) is 16.1. The molecule has 11 nitrogen and oxygen atoms in total. The molecular weight excluding hydrogens is 634 g/mol. The largest absolute Gasteiger partial charge is 0.462 e. The van der Waals surface area contributed by atoms with Gasteiger partial charge in [0.2, 0.25) is 5.91 Å². The molecule has 0 aliphatic heterocycles. The fourth-order valence-electron chi connectivity index (χ4n) is 4.41. The number of carbonyl (C=O) groups is 4. The van der Waals surface area contributed by atoms with Crippen LogP contribution in [0.25, 0.3) is 0 Å². The van der Waals surface area contributed by atoms with Gasteiger partial charge in [0.05, 0.1) is 30.6 Å². The second-order valence-corrected chi connectivity index (χ2v) is 12.3. The van der Waals surface area contributed by atoms with Gasteiger partial charge in [0.1, 0.15) is 15.7 Å². The number of hydrogen-bond donors (Lipinski definition) is 2. The number of nitrogens with zero attached hydrogens (tertiary/aromatic N) is 3. The Bertz CT molecular complexity index is 1710. The normalized spacial score (nSPS) is 11.5. The Hall–Kier alpha value is -4.56. The van der Waals surface area contributed by atoms with Crippen LogP contribution in [0.15, 0.2) is 59.8 Å². The van der Waals surface area contributed by atoms with E-state index >= 15 is 0 Å². The van der Waals surface area contributed by atoms with E-state index in [1.165, 1.54) is 18.2 Å². The van der Waals surface area contributed by atoms with Gasteiger partial charge in [0.25, 0.3) is 5.91 Å². The summed E-state index contributed by atoms with van der Waals surface area (Å²) in [6.07, 6.45) is 0.631. The highest BCUT2D eigenvalue weighted by Gasteiger charge is 2.29. The Morgan fingerprint density at radius 1 is 1.00 bits per heavy atom. The van der Waals surface area contributed by atoms with E-state index in [9.17, 15) is 23.6 Å². The van der Waals surface area contributed by atoms with E-state index in [0.29, 0.717) is 29.5 Å². The number of rotatable bonds is 14. The maximum absolute atomic E-state index is 13.6. The number of thiophene rings is 1. The first-order chi connectivity index (χ1) is 22.1. The molecule has 2 aromatic carbocycles. The van der Waals surface area contributed by atoms with Crippen molar-refractivity contribution in [2.24, 2.45) is 0 Å². The Kier molecular flexibility index (Phi) is 12.0. The molecule has 14 heteroatoms. The van der Waals surface area contributed by atoms with E-state index in [1.807, 2.05) is 34.9 Å². The molecule has 46 heavy (non-hydrogen) atoms. The molecule has 0 unspecified atom stereocenters. The number of nitrogens with one attached hydrogen (secondary N) is 2. The van der Waals surface area contributed by atoms with Crippen molar-refractivity contribution in [1.82, 2.24) is 20.1 Å². The van der Waals surface area contributed by atoms with Gasteiger partial charge in [-0.05, 0) is 63.4 Å². The second-order valence-electron chi connectivity index (χ2n) is 9.93. The number of carbonyl (C=O) groups excluding carboxylic acids is 4. The first kappa shape index (κ1) is 34.3. The first-order valence-electron chi connectivity index (χ1n) is 14.6. The number of amides is 2. The lowest BCUT2D eigenvalue weighted by molar-refractivity contribution is -0.115. The number of ether oxygens (including phenoxy) is 2. The quantitative estimate of drug-likeness (QED) is 0.133. The summed E-state index contributed by atoms with van der Waals surface area (Å²) in [6, 6.07) is 15.2. The van der Waals surface area contributed by atoms with Crippen LogP contribution in [0.5, 0.6) is 0 Å². The summed E-state index contributed by atoms with van der Waals surface area (Å²) in [5, 5.41) is 14.0. The number of thioether (sulfide) groups is 1.